The fourth-order valence-electron chi connectivity index (χ4n) is 3.35. The van der Waals surface area contributed by atoms with E-state index in [-0.39, 0.29) is 17.9 Å². The average molecular weight is 373 g/mol. The minimum Gasteiger partial charge on any atom is -0.324 e. The van der Waals surface area contributed by atoms with Gasteiger partial charge in [0, 0.05) is 32.6 Å². The van der Waals surface area contributed by atoms with Crippen molar-refractivity contribution in [2.75, 3.05) is 13.1 Å². The predicted octanol–water partition coefficient (Wildman–Crippen LogP) is 2.06. The van der Waals surface area contributed by atoms with Crippen molar-refractivity contribution in [3.63, 3.8) is 0 Å². The molecular weight excluding hydrogens is 356 g/mol. The van der Waals surface area contributed by atoms with Crippen LogP contribution in [0.15, 0.2) is 29.2 Å². The van der Waals surface area contributed by atoms with Gasteiger partial charge in [-0.15, -0.1) is 0 Å². The average Bonchev–Trinajstić information content (AvgIpc) is 3.22. The van der Waals surface area contributed by atoms with Crippen LogP contribution >= 0.6 is 0 Å². The Morgan fingerprint density at radius 1 is 1.15 bits per heavy atom. The first-order valence-corrected chi connectivity index (χ1v) is 8.61. The van der Waals surface area contributed by atoms with E-state index in [1.54, 1.807) is 11.9 Å². The molecule has 0 saturated carbocycles. The lowest BCUT2D eigenvalue weighted by molar-refractivity contribution is 0.210. The number of rotatable bonds is 2. The van der Waals surface area contributed by atoms with Crippen LogP contribution in [0.5, 0.6) is 0 Å². The molecule has 7 nitrogen and oxygen atoms in total. The van der Waals surface area contributed by atoms with Crippen molar-refractivity contribution in [1.82, 2.24) is 24.0 Å². The summed E-state index contributed by atoms with van der Waals surface area (Å²) in [6, 6.07) is 2.77. The number of likely N-dealkylation sites (tertiary alicyclic amines) is 1. The zero-order valence-electron chi connectivity index (χ0n) is 14.7. The number of benzene rings is 1. The molecule has 3 aromatic rings. The third-order valence-electron chi connectivity index (χ3n) is 4.70. The Hall–Kier alpha value is -3.10. The molecule has 0 radical (unpaired) electrons. The van der Waals surface area contributed by atoms with E-state index in [2.05, 4.69) is 9.97 Å². The van der Waals surface area contributed by atoms with E-state index >= 15 is 0 Å². The molecule has 27 heavy (non-hydrogen) atoms. The van der Waals surface area contributed by atoms with E-state index in [1.165, 1.54) is 22.9 Å². The highest BCUT2D eigenvalue weighted by Crippen LogP contribution is 2.16. The van der Waals surface area contributed by atoms with E-state index in [4.69, 9.17) is 0 Å². The minimum atomic E-state index is -0.688. The summed E-state index contributed by atoms with van der Waals surface area (Å²) in [4.78, 5) is 35.5. The number of aryl methyl sites for hydroxylation is 1. The first-order valence-electron chi connectivity index (χ1n) is 8.61. The molecule has 4 rings (SSSR count). The van der Waals surface area contributed by atoms with Gasteiger partial charge in [-0.25, -0.2) is 28.3 Å². The predicted molar refractivity (Wildman–Crippen MR) is 93.5 cm³/mol. The third-order valence-corrected chi connectivity index (χ3v) is 4.70. The summed E-state index contributed by atoms with van der Waals surface area (Å²) >= 11 is 0. The van der Waals surface area contributed by atoms with Gasteiger partial charge in [-0.1, -0.05) is 0 Å². The lowest BCUT2D eigenvalue weighted by atomic mass is 10.1. The fourth-order valence-corrected chi connectivity index (χ4v) is 3.35. The molecular formula is C18H17F2N5O2. The van der Waals surface area contributed by atoms with Crippen LogP contribution in [0, 0.1) is 11.6 Å². The molecule has 1 aromatic carbocycles. The van der Waals surface area contributed by atoms with E-state index < -0.39 is 23.4 Å². The van der Waals surface area contributed by atoms with Gasteiger partial charge in [0.15, 0.2) is 5.65 Å². The van der Waals surface area contributed by atoms with Crippen LogP contribution < -0.4 is 5.69 Å². The zero-order chi connectivity index (χ0) is 19.1. The number of carbonyl (C=O) groups is 1. The molecule has 0 aliphatic carbocycles. The standard InChI is InChI=1S/C18H17F2N5O2/c1-23-14-10-21-15(8-11-6-12(19)9-13(20)7-11)22-16(14)25(17(23)26)18(27)24-4-2-3-5-24/h6-7,9-10H,2-5,8H2,1H3. The number of hydrogen-bond acceptors (Lipinski definition) is 4. The number of fused-ring (bicyclic) bond motifs is 1. The van der Waals surface area contributed by atoms with Gasteiger partial charge in [0.25, 0.3) is 0 Å². The summed E-state index contributed by atoms with van der Waals surface area (Å²) in [6.45, 7) is 1.20. The molecule has 1 aliphatic rings. The molecule has 1 fully saturated rings. The van der Waals surface area contributed by atoms with Crippen LogP contribution in [0.3, 0.4) is 0 Å². The molecule has 0 bridgehead atoms. The highest BCUT2D eigenvalue weighted by molar-refractivity contribution is 5.87. The van der Waals surface area contributed by atoms with Crippen molar-refractivity contribution in [2.24, 2.45) is 7.05 Å². The van der Waals surface area contributed by atoms with Crippen LogP contribution in [0.4, 0.5) is 13.6 Å². The van der Waals surface area contributed by atoms with Gasteiger partial charge in [-0.05, 0) is 30.5 Å². The van der Waals surface area contributed by atoms with Crippen LogP contribution in [0.25, 0.3) is 11.2 Å². The number of amides is 1. The van der Waals surface area contributed by atoms with Crippen molar-refractivity contribution < 1.29 is 13.6 Å². The summed E-state index contributed by atoms with van der Waals surface area (Å²) in [5.74, 6) is -1.11. The van der Waals surface area contributed by atoms with Gasteiger partial charge >= 0.3 is 11.7 Å². The van der Waals surface area contributed by atoms with Gasteiger partial charge in [0.1, 0.15) is 23.0 Å². The summed E-state index contributed by atoms with van der Waals surface area (Å²) in [5.41, 5.74) is 0.482. The Labute approximate surface area is 152 Å². The highest BCUT2D eigenvalue weighted by Gasteiger charge is 2.25. The van der Waals surface area contributed by atoms with Gasteiger partial charge in [0.2, 0.25) is 0 Å². The first-order chi connectivity index (χ1) is 12.9. The molecule has 9 heteroatoms. The van der Waals surface area contributed by atoms with E-state index in [1.807, 2.05) is 0 Å². The third kappa shape index (κ3) is 3.09. The van der Waals surface area contributed by atoms with Crippen molar-refractivity contribution in [3.05, 3.63) is 57.9 Å². The van der Waals surface area contributed by atoms with Crippen LogP contribution in [-0.2, 0) is 13.5 Å². The molecule has 2 aromatic heterocycles. The topological polar surface area (TPSA) is 73.0 Å². The van der Waals surface area contributed by atoms with E-state index in [0.717, 1.165) is 23.5 Å². The Morgan fingerprint density at radius 3 is 2.48 bits per heavy atom. The Bertz CT molecular complexity index is 1080. The van der Waals surface area contributed by atoms with Crippen molar-refractivity contribution >= 4 is 17.2 Å². The highest BCUT2D eigenvalue weighted by atomic mass is 19.1. The second-order valence-electron chi connectivity index (χ2n) is 6.60. The van der Waals surface area contributed by atoms with Crippen molar-refractivity contribution in [3.8, 4) is 0 Å². The number of halogens is 2. The molecule has 1 amide bonds. The molecule has 0 unspecified atom stereocenters. The van der Waals surface area contributed by atoms with E-state index in [0.29, 0.717) is 24.2 Å². The lowest BCUT2D eigenvalue weighted by Crippen LogP contribution is -2.38. The number of hydrogen-bond donors (Lipinski definition) is 0. The zero-order valence-corrected chi connectivity index (χ0v) is 14.7. The maximum absolute atomic E-state index is 13.4. The van der Waals surface area contributed by atoms with Crippen molar-refractivity contribution in [1.29, 1.82) is 0 Å². The number of imidazole rings is 1. The van der Waals surface area contributed by atoms with Crippen LogP contribution in [0.2, 0.25) is 0 Å². The maximum atomic E-state index is 13.4. The van der Waals surface area contributed by atoms with Gasteiger partial charge < -0.3 is 4.90 Å². The van der Waals surface area contributed by atoms with Gasteiger partial charge in [0.05, 0.1) is 6.20 Å². The minimum absolute atomic E-state index is 0.0750. The van der Waals surface area contributed by atoms with Gasteiger partial charge in [-0.2, -0.15) is 4.57 Å². The molecule has 1 aliphatic heterocycles. The summed E-state index contributed by atoms with van der Waals surface area (Å²) in [7, 11) is 1.55. The molecule has 0 N–H and O–H groups in total. The number of aromatic nitrogens is 4. The monoisotopic (exact) mass is 373 g/mol. The van der Waals surface area contributed by atoms with Crippen LogP contribution in [0.1, 0.15) is 24.2 Å². The number of nitrogens with zero attached hydrogens (tertiary/aromatic N) is 5. The molecule has 0 spiro atoms. The largest absolute Gasteiger partial charge is 0.338 e. The molecule has 1 saturated heterocycles. The van der Waals surface area contributed by atoms with Crippen LogP contribution in [-0.4, -0.2) is 43.1 Å². The fraction of sp³-hybridized carbons (Fsp3) is 0.333. The van der Waals surface area contributed by atoms with Crippen molar-refractivity contribution in [2.45, 2.75) is 19.3 Å². The number of carbonyl (C=O) groups excluding carboxylic acids is 1. The maximum Gasteiger partial charge on any atom is 0.338 e. The molecule has 3 heterocycles. The smallest absolute Gasteiger partial charge is 0.324 e. The SMILES string of the molecule is Cn1c(=O)n(C(=O)N2CCCC2)c2nc(Cc3cc(F)cc(F)c3)ncc21. The lowest BCUT2D eigenvalue weighted by Gasteiger charge is -2.14. The first kappa shape index (κ1) is 17.3. The second-order valence-corrected chi connectivity index (χ2v) is 6.60. The molecule has 0 atom stereocenters. The molecule has 140 valence electrons. The Balaban J connectivity index is 1.77. The Kier molecular flexibility index (Phi) is 4.21. The summed E-state index contributed by atoms with van der Waals surface area (Å²) < 4.78 is 29.2. The van der Waals surface area contributed by atoms with Gasteiger partial charge in [-0.3, -0.25) is 4.57 Å². The summed E-state index contributed by atoms with van der Waals surface area (Å²) in [6.07, 6.45) is 3.32. The Morgan fingerprint density at radius 2 is 1.81 bits per heavy atom. The normalized spacial score (nSPS) is 14.3. The quantitative estimate of drug-likeness (QED) is 0.689. The summed E-state index contributed by atoms with van der Waals surface area (Å²) in [5, 5.41) is 0. The van der Waals surface area contributed by atoms with E-state index in [9.17, 15) is 18.4 Å². The second kappa shape index (κ2) is 6.57.